The summed E-state index contributed by atoms with van der Waals surface area (Å²) in [5.74, 6) is -0.423. The summed E-state index contributed by atoms with van der Waals surface area (Å²) in [4.78, 5) is 0. The van der Waals surface area contributed by atoms with Crippen molar-refractivity contribution in [2.75, 3.05) is 5.73 Å². The van der Waals surface area contributed by atoms with Gasteiger partial charge in [0.1, 0.15) is 5.82 Å². The fourth-order valence-electron chi connectivity index (χ4n) is 1.08. The van der Waals surface area contributed by atoms with Crippen molar-refractivity contribution in [2.45, 2.75) is 0 Å². The van der Waals surface area contributed by atoms with E-state index in [-0.39, 0.29) is 10.4 Å². The number of hydrogen-bond donors (Lipinski definition) is 1. The fourth-order valence-corrected chi connectivity index (χ4v) is 1.93. The number of thiophene rings is 1. The summed E-state index contributed by atoms with van der Waals surface area (Å²) < 4.78 is 26.1. The summed E-state index contributed by atoms with van der Waals surface area (Å²) in [5.41, 5.74) is 5.41. The van der Waals surface area contributed by atoms with Gasteiger partial charge < -0.3 is 5.73 Å². The lowest BCUT2D eigenvalue weighted by Crippen LogP contribution is -1.84. The SMILES string of the molecule is Nc1c(F)sc2c(F)cccc12. The fraction of sp³-hybridized carbons (Fsp3) is 0. The molecule has 1 aromatic carbocycles. The van der Waals surface area contributed by atoms with Gasteiger partial charge in [0.05, 0.1) is 10.4 Å². The van der Waals surface area contributed by atoms with Gasteiger partial charge in [-0.1, -0.05) is 12.1 Å². The summed E-state index contributed by atoms with van der Waals surface area (Å²) >= 11 is 0.739. The Bertz CT molecular complexity index is 436. The highest BCUT2D eigenvalue weighted by atomic mass is 32.1. The molecule has 0 amide bonds. The van der Waals surface area contributed by atoms with E-state index in [1.54, 1.807) is 6.07 Å². The molecule has 12 heavy (non-hydrogen) atoms. The zero-order valence-electron chi connectivity index (χ0n) is 5.97. The molecule has 1 nitrogen and oxygen atoms in total. The summed E-state index contributed by atoms with van der Waals surface area (Å²) in [6, 6.07) is 4.41. The highest BCUT2D eigenvalue weighted by Crippen LogP contribution is 2.33. The van der Waals surface area contributed by atoms with Crippen molar-refractivity contribution in [3.05, 3.63) is 29.1 Å². The van der Waals surface area contributed by atoms with Crippen molar-refractivity contribution in [3.8, 4) is 0 Å². The van der Waals surface area contributed by atoms with Crippen LogP contribution in [0.25, 0.3) is 10.1 Å². The Hall–Kier alpha value is -1.16. The third-order valence-corrected chi connectivity index (χ3v) is 2.68. The Morgan fingerprint density at radius 2 is 2.00 bits per heavy atom. The van der Waals surface area contributed by atoms with E-state index in [0.29, 0.717) is 5.39 Å². The lowest BCUT2D eigenvalue weighted by atomic mass is 10.2. The molecular weight excluding hydrogens is 180 g/mol. The topological polar surface area (TPSA) is 26.0 Å². The average molecular weight is 185 g/mol. The first-order valence-corrected chi connectivity index (χ1v) is 4.14. The molecule has 2 rings (SSSR count). The van der Waals surface area contributed by atoms with Gasteiger partial charge in [-0.3, -0.25) is 0 Å². The van der Waals surface area contributed by atoms with Gasteiger partial charge in [-0.2, -0.15) is 4.39 Å². The minimum atomic E-state index is -0.518. The number of hydrogen-bond acceptors (Lipinski definition) is 2. The molecule has 0 unspecified atom stereocenters. The van der Waals surface area contributed by atoms with Crippen LogP contribution in [-0.2, 0) is 0 Å². The second kappa shape index (κ2) is 2.42. The van der Waals surface area contributed by atoms with E-state index in [1.165, 1.54) is 12.1 Å². The molecule has 0 saturated carbocycles. The molecule has 62 valence electrons. The van der Waals surface area contributed by atoms with E-state index >= 15 is 0 Å². The highest BCUT2D eigenvalue weighted by molar-refractivity contribution is 7.18. The van der Waals surface area contributed by atoms with E-state index in [2.05, 4.69) is 0 Å². The van der Waals surface area contributed by atoms with Gasteiger partial charge in [-0.05, 0) is 6.07 Å². The van der Waals surface area contributed by atoms with Gasteiger partial charge >= 0.3 is 0 Å². The molecular formula is C8H5F2NS. The maximum Gasteiger partial charge on any atom is 0.200 e. The Labute approximate surface area is 71.4 Å². The van der Waals surface area contributed by atoms with Crippen LogP contribution < -0.4 is 5.73 Å². The minimum absolute atomic E-state index is 0.0366. The summed E-state index contributed by atoms with van der Waals surface area (Å²) in [6.07, 6.45) is 0. The molecule has 0 radical (unpaired) electrons. The van der Waals surface area contributed by atoms with E-state index in [4.69, 9.17) is 5.73 Å². The molecule has 0 aliphatic rings. The quantitative estimate of drug-likeness (QED) is 0.671. The number of halogens is 2. The summed E-state index contributed by atoms with van der Waals surface area (Å²) in [5, 5.41) is -0.0624. The van der Waals surface area contributed by atoms with E-state index < -0.39 is 10.9 Å². The van der Waals surface area contributed by atoms with Gasteiger partial charge in [0, 0.05) is 5.39 Å². The summed E-state index contributed by atoms with van der Waals surface area (Å²) in [6.45, 7) is 0. The second-order valence-electron chi connectivity index (χ2n) is 2.41. The van der Waals surface area contributed by atoms with Crippen LogP contribution in [0.5, 0.6) is 0 Å². The molecule has 2 aromatic rings. The van der Waals surface area contributed by atoms with Crippen molar-refractivity contribution in [3.63, 3.8) is 0 Å². The van der Waals surface area contributed by atoms with Crippen molar-refractivity contribution in [1.29, 1.82) is 0 Å². The van der Waals surface area contributed by atoms with Crippen LogP contribution in [0.15, 0.2) is 18.2 Å². The van der Waals surface area contributed by atoms with Gasteiger partial charge in [-0.15, -0.1) is 11.3 Å². The van der Waals surface area contributed by atoms with Gasteiger partial charge in [0.25, 0.3) is 0 Å². The van der Waals surface area contributed by atoms with E-state index in [1.807, 2.05) is 0 Å². The number of fused-ring (bicyclic) bond motifs is 1. The molecule has 1 heterocycles. The molecule has 2 N–H and O–H groups in total. The monoisotopic (exact) mass is 185 g/mol. The third-order valence-electron chi connectivity index (χ3n) is 1.66. The number of rotatable bonds is 0. The van der Waals surface area contributed by atoms with Crippen molar-refractivity contribution < 1.29 is 8.78 Å². The number of nitrogen functional groups attached to an aromatic ring is 1. The molecule has 4 heteroatoms. The lowest BCUT2D eigenvalue weighted by Gasteiger charge is -1.90. The average Bonchev–Trinajstić information content (AvgIpc) is 2.32. The van der Waals surface area contributed by atoms with E-state index in [0.717, 1.165) is 11.3 Å². The number of benzene rings is 1. The Balaban J connectivity index is 2.95. The van der Waals surface area contributed by atoms with Gasteiger partial charge in [0.15, 0.2) is 0 Å². The Kier molecular flexibility index (Phi) is 1.51. The van der Waals surface area contributed by atoms with Crippen LogP contribution in [0.4, 0.5) is 14.5 Å². The smallest absolute Gasteiger partial charge is 0.200 e. The van der Waals surface area contributed by atoms with Crippen molar-refractivity contribution >= 4 is 27.1 Å². The molecule has 0 saturated heterocycles. The first-order chi connectivity index (χ1) is 5.70. The maximum atomic E-state index is 13.0. The first-order valence-electron chi connectivity index (χ1n) is 3.32. The molecule has 0 aliphatic carbocycles. The zero-order valence-corrected chi connectivity index (χ0v) is 6.79. The molecule has 0 bridgehead atoms. The Morgan fingerprint density at radius 3 is 2.67 bits per heavy atom. The minimum Gasteiger partial charge on any atom is -0.395 e. The van der Waals surface area contributed by atoms with Gasteiger partial charge in [0.2, 0.25) is 5.13 Å². The first kappa shape index (κ1) is 7.49. The summed E-state index contributed by atoms with van der Waals surface area (Å²) in [7, 11) is 0. The molecule has 0 fully saturated rings. The Morgan fingerprint density at radius 1 is 1.25 bits per heavy atom. The molecule has 0 aliphatic heterocycles. The molecule has 0 atom stereocenters. The highest BCUT2D eigenvalue weighted by Gasteiger charge is 2.10. The van der Waals surface area contributed by atoms with Crippen LogP contribution in [0, 0.1) is 10.9 Å². The predicted molar refractivity (Wildman–Crippen MR) is 46.2 cm³/mol. The second-order valence-corrected chi connectivity index (χ2v) is 3.38. The van der Waals surface area contributed by atoms with Crippen LogP contribution >= 0.6 is 11.3 Å². The standard InChI is InChI=1S/C8H5F2NS/c9-5-3-1-2-4-6(11)8(10)12-7(4)5/h1-3H,11H2. The largest absolute Gasteiger partial charge is 0.395 e. The number of nitrogens with two attached hydrogens (primary N) is 1. The predicted octanol–water partition coefficient (Wildman–Crippen LogP) is 2.76. The molecule has 0 spiro atoms. The lowest BCUT2D eigenvalue weighted by molar-refractivity contribution is 0.641. The van der Waals surface area contributed by atoms with Crippen LogP contribution in [-0.4, -0.2) is 0 Å². The molecule has 1 aromatic heterocycles. The van der Waals surface area contributed by atoms with E-state index in [9.17, 15) is 8.78 Å². The zero-order chi connectivity index (χ0) is 8.72. The van der Waals surface area contributed by atoms with Crippen LogP contribution in [0.1, 0.15) is 0 Å². The van der Waals surface area contributed by atoms with Crippen LogP contribution in [0.2, 0.25) is 0 Å². The normalized spacial score (nSPS) is 10.8. The van der Waals surface area contributed by atoms with Crippen molar-refractivity contribution in [2.24, 2.45) is 0 Å². The van der Waals surface area contributed by atoms with Crippen molar-refractivity contribution in [1.82, 2.24) is 0 Å². The number of anilines is 1. The third kappa shape index (κ3) is 0.881. The van der Waals surface area contributed by atoms with Gasteiger partial charge in [-0.25, -0.2) is 4.39 Å². The van der Waals surface area contributed by atoms with Crippen LogP contribution in [0.3, 0.4) is 0 Å². The maximum absolute atomic E-state index is 13.0.